The zero-order chi connectivity index (χ0) is 19.5. The highest BCUT2D eigenvalue weighted by molar-refractivity contribution is 6.08. The van der Waals surface area contributed by atoms with Crippen LogP contribution in [0.1, 0.15) is 18.1 Å². The minimum absolute atomic E-state index is 0.818. The monoisotopic (exact) mass is 375 g/mol. The molecule has 28 heavy (non-hydrogen) atoms. The molecule has 4 rings (SSSR count). The smallest absolute Gasteiger partial charge is 0.131 e. The number of aryl methyl sites for hydroxylation is 1. The van der Waals surface area contributed by atoms with Crippen LogP contribution in [0.2, 0.25) is 0 Å². The summed E-state index contributed by atoms with van der Waals surface area (Å²) in [6.45, 7) is 4.97. The SMILES string of the molecule is CCn1c2ccccc2c2cc(C[NH2+]Cc3ccc(OC)cc3OC)ccc21. The summed E-state index contributed by atoms with van der Waals surface area (Å²) < 4.78 is 13.2. The van der Waals surface area contributed by atoms with Gasteiger partial charge in [0.05, 0.1) is 14.2 Å². The molecule has 3 aromatic carbocycles. The van der Waals surface area contributed by atoms with Crippen molar-refractivity contribution < 1.29 is 14.8 Å². The van der Waals surface area contributed by atoms with Crippen molar-refractivity contribution in [3.8, 4) is 11.5 Å². The Labute approximate surface area is 165 Å². The predicted molar refractivity (Wildman–Crippen MR) is 114 cm³/mol. The molecule has 0 atom stereocenters. The number of ether oxygens (including phenoxy) is 2. The van der Waals surface area contributed by atoms with E-state index in [4.69, 9.17) is 9.47 Å². The van der Waals surface area contributed by atoms with Gasteiger partial charge >= 0.3 is 0 Å². The van der Waals surface area contributed by atoms with Crippen molar-refractivity contribution in [2.45, 2.75) is 26.6 Å². The highest BCUT2D eigenvalue weighted by atomic mass is 16.5. The first kappa shape index (κ1) is 18.4. The molecule has 0 radical (unpaired) electrons. The maximum absolute atomic E-state index is 5.51. The Kier molecular flexibility index (Phi) is 5.22. The Balaban J connectivity index is 1.55. The van der Waals surface area contributed by atoms with Crippen molar-refractivity contribution in [2.24, 2.45) is 0 Å². The lowest BCUT2D eigenvalue weighted by Crippen LogP contribution is -2.80. The summed E-state index contributed by atoms with van der Waals surface area (Å²) in [6, 6.07) is 21.5. The number of nitrogens with zero attached hydrogens (tertiary/aromatic N) is 1. The fraction of sp³-hybridized carbons (Fsp3) is 0.250. The van der Waals surface area contributed by atoms with Gasteiger partial charge in [0, 0.05) is 45.5 Å². The zero-order valence-corrected chi connectivity index (χ0v) is 16.7. The zero-order valence-electron chi connectivity index (χ0n) is 16.7. The first-order valence-electron chi connectivity index (χ1n) is 9.77. The summed E-state index contributed by atoms with van der Waals surface area (Å²) in [5.74, 6) is 1.69. The van der Waals surface area contributed by atoms with Gasteiger partial charge in [-0.3, -0.25) is 0 Å². The second kappa shape index (κ2) is 7.95. The molecule has 4 nitrogen and oxygen atoms in total. The van der Waals surface area contributed by atoms with E-state index in [0.29, 0.717) is 0 Å². The molecule has 0 aliphatic carbocycles. The van der Waals surface area contributed by atoms with Crippen LogP contribution < -0.4 is 14.8 Å². The van der Waals surface area contributed by atoms with E-state index in [1.54, 1.807) is 14.2 Å². The molecule has 0 fully saturated rings. The van der Waals surface area contributed by atoms with Gasteiger partial charge < -0.3 is 19.4 Å². The number of benzene rings is 3. The number of methoxy groups -OCH3 is 2. The summed E-state index contributed by atoms with van der Waals surface area (Å²) in [4.78, 5) is 0. The van der Waals surface area contributed by atoms with E-state index < -0.39 is 0 Å². The fourth-order valence-electron chi connectivity index (χ4n) is 3.98. The average molecular weight is 375 g/mol. The highest BCUT2D eigenvalue weighted by Gasteiger charge is 2.11. The quantitative estimate of drug-likeness (QED) is 0.528. The van der Waals surface area contributed by atoms with Gasteiger partial charge in [-0.25, -0.2) is 0 Å². The van der Waals surface area contributed by atoms with Crippen molar-refractivity contribution in [1.82, 2.24) is 4.57 Å². The van der Waals surface area contributed by atoms with Crippen molar-refractivity contribution in [3.63, 3.8) is 0 Å². The largest absolute Gasteiger partial charge is 0.497 e. The summed E-state index contributed by atoms with van der Waals surface area (Å²) in [7, 11) is 3.38. The summed E-state index contributed by atoms with van der Waals surface area (Å²) in [5, 5.41) is 4.98. The molecule has 0 spiro atoms. The number of hydrogen-bond acceptors (Lipinski definition) is 2. The van der Waals surface area contributed by atoms with Crippen LogP contribution in [0, 0.1) is 0 Å². The Morgan fingerprint density at radius 3 is 2.43 bits per heavy atom. The van der Waals surface area contributed by atoms with E-state index >= 15 is 0 Å². The van der Waals surface area contributed by atoms with Gasteiger partial charge in [0.15, 0.2) is 0 Å². The van der Waals surface area contributed by atoms with E-state index in [2.05, 4.69) is 65.3 Å². The number of hydrogen-bond donors (Lipinski definition) is 1. The van der Waals surface area contributed by atoms with E-state index in [1.165, 1.54) is 32.9 Å². The van der Waals surface area contributed by atoms with Crippen LogP contribution in [-0.4, -0.2) is 18.8 Å². The van der Waals surface area contributed by atoms with Crippen LogP contribution in [0.3, 0.4) is 0 Å². The third-order valence-corrected chi connectivity index (χ3v) is 5.39. The standard InChI is InChI=1S/C24H26N2O2/c1-4-26-22-8-6-5-7-20(22)21-13-17(9-12-23(21)26)15-25-16-18-10-11-19(27-2)14-24(18)28-3/h5-14,25H,4,15-16H2,1-3H3/p+1. The maximum atomic E-state index is 5.51. The molecular weight excluding hydrogens is 348 g/mol. The Hall–Kier alpha value is -2.98. The van der Waals surface area contributed by atoms with Crippen LogP contribution in [-0.2, 0) is 19.6 Å². The van der Waals surface area contributed by atoms with E-state index in [1.807, 2.05) is 12.1 Å². The van der Waals surface area contributed by atoms with Crippen molar-refractivity contribution >= 4 is 21.8 Å². The van der Waals surface area contributed by atoms with Gasteiger partial charge in [0.25, 0.3) is 0 Å². The molecule has 2 N–H and O–H groups in total. The van der Waals surface area contributed by atoms with Crippen LogP contribution in [0.25, 0.3) is 21.8 Å². The third kappa shape index (κ3) is 3.32. The van der Waals surface area contributed by atoms with Crippen molar-refractivity contribution in [3.05, 3.63) is 71.8 Å². The van der Waals surface area contributed by atoms with Crippen LogP contribution in [0.15, 0.2) is 60.7 Å². The molecule has 1 heterocycles. The summed E-state index contributed by atoms with van der Waals surface area (Å²) in [6.07, 6.45) is 0. The minimum atomic E-state index is 0.818. The van der Waals surface area contributed by atoms with Crippen molar-refractivity contribution in [1.29, 1.82) is 0 Å². The molecule has 0 saturated heterocycles. The van der Waals surface area contributed by atoms with Crippen LogP contribution in [0.4, 0.5) is 0 Å². The van der Waals surface area contributed by atoms with Gasteiger partial charge in [-0.2, -0.15) is 0 Å². The average Bonchev–Trinajstić information content (AvgIpc) is 3.07. The third-order valence-electron chi connectivity index (χ3n) is 5.39. The molecule has 0 aliphatic heterocycles. The number of para-hydroxylation sites is 1. The maximum Gasteiger partial charge on any atom is 0.131 e. The molecule has 0 bridgehead atoms. The first-order chi connectivity index (χ1) is 13.7. The van der Waals surface area contributed by atoms with Gasteiger partial charge in [-0.1, -0.05) is 24.3 Å². The first-order valence-corrected chi connectivity index (χ1v) is 9.77. The lowest BCUT2D eigenvalue weighted by Gasteiger charge is -2.10. The fourth-order valence-corrected chi connectivity index (χ4v) is 3.98. The number of aromatic nitrogens is 1. The minimum Gasteiger partial charge on any atom is -0.497 e. The van der Waals surface area contributed by atoms with E-state index in [-0.39, 0.29) is 0 Å². The van der Waals surface area contributed by atoms with E-state index in [0.717, 1.165) is 31.1 Å². The van der Waals surface area contributed by atoms with Gasteiger partial charge in [-0.05, 0) is 37.3 Å². The number of fused-ring (bicyclic) bond motifs is 3. The topological polar surface area (TPSA) is 40.0 Å². The Morgan fingerprint density at radius 1 is 0.821 bits per heavy atom. The molecule has 4 aromatic rings. The molecule has 4 heteroatoms. The predicted octanol–water partition coefficient (Wildman–Crippen LogP) is 4.10. The molecule has 0 aliphatic rings. The van der Waals surface area contributed by atoms with Crippen LogP contribution in [0.5, 0.6) is 11.5 Å². The second-order valence-electron chi connectivity index (χ2n) is 6.99. The number of nitrogens with two attached hydrogens (primary N) is 1. The molecule has 0 saturated carbocycles. The summed E-state index contributed by atoms with van der Waals surface area (Å²) in [5.41, 5.74) is 5.12. The van der Waals surface area contributed by atoms with Crippen molar-refractivity contribution in [2.75, 3.05) is 14.2 Å². The van der Waals surface area contributed by atoms with Gasteiger partial charge in [-0.15, -0.1) is 0 Å². The molecular formula is C24H27N2O2+. The highest BCUT2D eigenvalue weighted by Crippen LogP contribution is 2.29. The van der Waals surface area contributed by atoms with Crippen LogP contribution >= 0.6 is 0 Å². The second-order valence-corrected chi connectivity index (χ2v) is 6.99. The lowest BCUT2D eigenvalue weighted by molar-refractivity contribution is -0.686. The molecule has 1 aromatic heterocycles. The normalized spacial score (nSPS) is 11.2. The molecule has 144 valence electrons. The summed E-state index contributed by atoms with van der Waals surface area (Å²) >= 11 is 0. The number of quaternary nitrogens is 1. The molecule has 0 unspecified atom stereocenters. The Bertz CT molecular complexity index is 1110. The number of rotatable bonds is 7. The Morgan fingerprint density at radius 2 is 1.64 bits per heavy atom. The van der Waals surface area contributed by atoms with E-state index in [9.17, 15) is 0 Å². The van der Waals surface area contributed by atoms with Gasteiger partial charge in [0.2, 0.25) is 0 Å². The van der Waals surface area contributed by atoms with Gasteiger partial charge in [0.1, 0.15) is 24.6 Å². The molecule has 0 amide bonds. The lowest BCUT2D eigenvalue weighted by atomic mass is 10.1.